The summed E-state index contributed by atoms with van der Waals surface area (Å²) in [6.07, 6.45) is 1.92. The van der Waals surface area contributed by atoms with Crippen molar-refractivity contribution in [1.82, 2.24) is 9.80 Å². The summed E-state index contributed by atoms with van der Waals surface area (Å²) in [6.45, 7) is 2.20. The second kappa shape index (κ2) is 7.46. The molecule has 1 N–H and O–H groups in total. The van der Waals surface area contributed by atoms with Crippen LogP contribution in [0.5, 0.6) is 5.75 Å². The summed E-state index contributed by atoms with van der Waals surface area (Å²) < 4.78 is 5.30. The molecule has 0 heterocycles. The largest absolute Gasteiger partial charge is 0.496 e. The highest BCUT2D eigenvalue weighted by Gasteiger charge is 2.36. The lowest BCUT2D eigenvalue weighted by Gasteiger charge is -2.28. The smallest absolute Gasteiger partial charge is 0.320 e. The van der Waals surface area contributed by atoms with Crippen LogP contribution < -0.4 is 4.74 Å². The number of likely N-dealkylation sites (N-methyl/N-ethyl adjacent to an activating group) is 1. The lowest BCUT2D eigenvalue weighted by atomic mass is 10.2. The summed E-state index contributed by atoms with van der Waals surface area (Å²) in [6, 6.07) is 7.13. The number of hydrogen-bond acceptors (Lipinski definition) is 4. The number of methoxy groups -OCH3 is 1. The van der Waals surface area contributed by atoms with Gasteiger partial charge in [0.15, 0.2) is 0 Å². The van der Waals surface area contributed by atoms with E-state index in [4.69, 9.17) is 4.74 Å². The maximum absolute atomic E-state index is 12.5. The van der Waals surface area contributed by atoms with Crippen LogP contribution >= 0.6 is 0 Å². The highest BCUT2D eigenvalue weighted by molar-refractivity contribution is 5.80. The van der Waals surface area contributed by atoms with E-state index in [1.165, 1.54) is 0 Å². The van der Waals surface area contributed by atoms with Gasteiger partial charge in [0.25, 0.3) is 0 Å². The molecule has 1 amide bonds. The average Bonchev–Trinajstić information content (AvgIpc) is 3.36. The molecule has 1 atom stereocenters. The summed E-state index contributed by atoms with van der Waals surface area (Å²) in [4.78, 5) is 27.1. The molecule has 0 radical (unpaired) electrons. The van der Waals surface area contributed by atoms with Crippen LogP contribution in [0.3, 0.4) is 0 Å². The van der Waals surface area contributed by atoms with E-state index in [2.05, 4.69) is 0 Å². The zero-order valence-corrected chi connectivity index (χ0v) is 13.9. The van der Waals surface area contributed by atoms with Crippen molar-refractivity contribution >= 4 is 11.9 Å². The summed E-state index contributed by atoms with van der Waals surface area (Å²) >= 11 is 0. The third kappa shape index (κ3) is 4.45. The van der Waals surface area contributed by atoms with Crippen molar-refractivity contribution in [3.8, 4) is 5.75 Å². The normalized spacial score (nSPS) is 15.3. The van der Waals surface area contributed by atoms with Gasteiger partial charge in [-0.15, -0.1) is 0 Å². The van der Waals surface area contributed by atoms with Crippen LogP contribution in [0.1, 0.15) is 25.3 Å². The number of carboxylic acid groups (broad SMARTS) is 1. The standard InChI is InChI=1S/C17H24N2O4/c1-12(17(21)22)19(14-8-9-14)11-16(20)18(2)10-13-6-4-5-7-15(13)23-3/h4-7,12,14H,8-11H2,1-3H3,(H,21,22). The number of aliphatic carboxylic acids is 1. The molecule has 1 fully saturated rings. The third-order valence-corrected chi connectivity index (χ3v) is 4.21. The molecular weight excluding hydrogens is 296 g/mol. The number of benzene rings is 1. The van der Waals surface area contributed by atoms with Gasteiger partial charge >= 0.3 is 5.97 Å². The van der Waals surface area contributed by atoms with Crippen molar-refractivity contribution < 1.29 is 19.4 Å². The maximum Gasteiger partial charge on any atom is 0.320 e. The van der Waals surface area contributed by atoms with Gasteiger partial charge in [0, 0.05) is 25.2 Å². The first-order chi connectivity index (χ1) is 10.9. The van der Waals surface area contributed by atoms with E-state index in [1.807, 2.05) is 24.3 Å². The topological polar surface area (TPSA) is 70.1 Å². The molecule has 6 nitrogen and oxygen atoms in total. The lowest BCUT2D eigenvalue weighted by molar-refractivity contribution is -0.144. The first-order valence-electron chi connectivity index (χ1n) is 7.78. The van der Waals surface area contributed by atoms with Crippen molar-refractivity contribution in [2.45, 2.75) is 38.4 Å². The van der Waals surface area contributed by atoms with Crippen molar-refractivity contribution in [2.75, 3.05) is 20.7 Å². The molecular formula is C17H24N2O4. The zero-order chi connectivity index (χ0) is 17.0. The first kappa shape index (κ1) is 17.3. The number of nitrogens with zero attached hydrogens (tertiary/aromatic N) is 2. The minimum absolute atomic E-state index is 0.0871. The van der Waals surface area contributed by atoms with Gasteiger partial charge in [0.2, 0.25) is 5.91 Å². The summed E-state index contributed by atoms with van der Waals surface area (Å²) in [7, 11) is 3.33. The van der Waals surface area contributed by atoms with E-state index in [9.17, 15) is 14.7 Å². The van der Waals surface area contributed by atoms with Gasteiger partial charge in [-0.3, -0.25) is 14.5 Å². The number of hydrogen-bond donors (Lipinski definition) is 1. The molecule has 1 aliphatic carbocycles. The van der Waals surface area contributed by atoms with Gasteiger partial charge in [-0.05, 0) is 25.8 Å². The molecule has 0 aromatic heterocycles. The van der Waals surface area contributed by atoms with Crippen LogP contribution in [0.4, 0.5) is 0 Å². The number of carbonyl (C=O) groups is 2. The Kier molecular flexibility index (Phi) is 5.60. The molecule has 1 aliphatic rings. The molecule has 1 unspecified atom stereocenters. The Balaban J connectivity index is 2.00. The maximum atomic E-state index is 12.5. The van der Waals surface area contributed by atoms with E-state index < -0.39 is 12.0 Å². The number of rotatable bonds is 8. The number of carbonyl (C=O) groups excluding carboxylic acids is 1. The Morgan fingerprint density at radius 2 is 2.00 bits per heavy atom. The second-order valence-electron chi connectivity index (χ2n) is 5.98. The van der Waals surface area contributed by atoms with Crippen LogP contribution in [0, 0.1) is 0 Å². The molecule has 0 saturated heterocycles. The molecule has 1 aromatic carbocycles. The van der Waals surface area contributed by atoms with Crippen LogP contribution in [0.2, 0.25) is 0 Å². The third-order valence-electron chi connectivity index (χ3n) is 4.21. The predicted molar refractivity (Wildman–Crippen MR) is 86.3 cm³/mol. The van der Waals surface area contributed by atoms with Crippen molar-refractivity contribution in [2.24, 2.45) is 0 Å². The molecule has 0 aliphatic heterocycles. The SMILES string of the molecule is COc1ccccc1CN(C)C(=O)CN(C1CC1)C(C)C(=O)O. The Morgan fingerprint density at radius 1 is 1.35 bits per heavy atom. The molecule has 1 aromatic rings. The Morgan fingerprint density at radius 3 is 2.57 bits per heavy atom. The number of para-hydroxylation sites is 1. The van der Waals surface area contributed by atoms with E-state index in [0.717, 1.165) is 24.2 Å². The molecule has 0 spiro atoms. The van der Waals surface area contributed by atoms with Gasteiger partial charge < -0.3 is 14.7 Å². The van der Waals surface area contributed by atoms with Crippen LogP contribution in [0.25, 0.3) is 0 Å². The van der Waals surface area contributed by atoms with Crippen molar-refractivity contribution in [3.05, 3.63) is 29.8 Å². The molecule has 23 heavy (non-hydrogen) atoms. The Labute approximate surface area is 136 Å². The van der Waals surface area contributed by atoms with E-state index >= 15 is 0 Å². The Bertz CT molecular complexity index is 571. The second-order valence-corrected chi connectivity index (χ2v) is 5.98. The average molecular weight is 320 g/mol. The van der Waals surface area contributed by atoms with Gasteiger partial charge in [-0.25, -0.2) is 0 Å². The minimum atomic E-state index is -0.892. The van der Waals surface area contributed by atoms with Gasteiger partial charge in [-0.2, -0.15) is 0 Å². The van der Waals surface area contributed by atoms with E-state index in [0.29, 0.717) is 6.54 Å². The highest BCUT2D eigenvalue weighted by Crippen LogP contribution is 2.28. The quantitative estimate of drug-likeness (QED) is 0.788. The number of carboxylic acids is 1. The van der Waals surface area contributed by atoms with E-state index in [-0.39, 0.29) is 18.5 Å². The first-order valence-corrected chi connectivity index (χ1v) is 7.78. The Hall–Kier alpha value is -2.08. The number of ether oxygens (including phenoxy) is 1. The summed E-state index contributed by atoms with van der Waals surface area (Å²) in [5.74, 6) is -0.238. The fraction of sp³-hybridized carbons (Fsp3) is 0.529. The van der Waals surface area contributed by atoms with Crippen molar-refractivity contribution in [1.29, 1.82) is 0 Å². The van der Waals surface area contributed by atoms with Crippen LogP contribution in [-0.4, -0.2) is 59.6 Å². The van der Waals surface area contributed by atoms with Crippen molar-refractivity contribution in [3.63, 3.8) is 0 Å². The fourth-order valence-electron chi connectivity index (χ4n) is 2.58. The highest BCUT2D eigenvalue weighted by atomic mass is 16.5. The monoisotopic (exact) mass is 320 g/mol. The minimum Gasteiger partial charge on any atom is -0.496 e. The molecule has 6 heteroatoms. The molecule has 0 bridgehead atoms. The molecule has 2 rings (SSSR count). The summed E-state index contributed by atoms with van der Waals surface area (Å²) in [5, 5.41) is 9.20. The molecule has 126 valence electrons. The van der Waals surface area contributed by atoms with E-state index in [1.54, 1.807) is 30.9 Å². The number of amides is 1. The van der Waals surface area contributed by atoms with Crippen LogP contribution in [0.15, 0.2) is 24.3 Å². The summed E-state index contributed by atoms with van der Waals surface area (Å²) in [5.41, 5.74) is 0.926. The predicted octanol–water partition coefficient (Wildman–Crippen LogP) is 1.59. The fourth-order valence-corrected chi connectivity index (χ4v) is 2.58. The molecule has 1 saturated carbocycles. The zero-order valence-electron chi connectivity index (χ0n) is 13.9. The lowest BCUT2D eigenvalue weighted by Crippen LogP contribution is -2.46. The van der Waals surface area contributed by atoms with Gasteiger partial charge in [0.05, 0.1) is 13.7 Å². The van der Waals surface area contributed by atoms with Gasteiger partial charge in [0.1, 0.15) is 11.8 Å². The van der Waals surface area contributed by atoms with Gasteiger partial charge in [-0.1, -0.05) is 18.2 Å². The van der Waals surface area contributed by atoms with Crippen LogP contribution in [-0.2, 0) is 16.1 Å².